The molecule has 0 aliphatic carbocycles. The predicted molar refractivity (Wildman–Crippen MR) is 280 cm³/mol. The number of hydrogen-bond acceptors (Lipinski definition) is 13. The molecule has 0 spiro atoms. The molecule has 0 radical (unpaired) electrons. The summed E-state index contributed by atoms with van der Waals surface area (Å²) in [7, 11) is 0. The van der Waals surface area contributed by atoms with Gasteiger partial charge in [-0.25, -0.2) is 9.59 Å². The molecule has 2 aromatic heterocycles. The minimum absolute atomic E-state index is 0. The lowest BCUT2D eigenvalue weighted by Gasteiger charge is -2.27. The standard InChI is InChI=1S/C22H23ClF3N3O4.C16H16N2O4.C12H15ClN2O2.2CH4/c1-2-13-9-16(3-4-19(13)33-22(24,25)26)28-21(32)29-7-5-14(6-8-29)20-17(23)10-15(11-27-20)18(31)12-30;1-3-12-10-13(5-4-11(12)2)17-16(19)22-15-8-6-14(7-9-15)18(20)21;13-10-5-9(11(17)7-16)6-15-12(10)8-1-3-14-4-2-8;;/h3-5,9-11,18,30-31H,2,6-8,12H2,1H3,(H,28,32);4-10H,3H2,1-2H3,(H,17,19);1,5-6,11,14,16-17H,2-4,7H2;2*1H4/t18-;;11-;;/m1.1../s1. The first-order valence-corrected chi connectivity index (χ1v) is 23.3. The second kappa shape index (κ2) is 29.3. The summed E-state index contributed by atoms with van der Waals surface area (Å²) in [5.41, 5.74) is 7.80. The maximum Gasteiger partial charge on any atom is 0.573 e. The Labute approximate surface area is 437 Å². The minimum Gasteiger partial charge on any atom is -0.410 e. The van der Waals surface area contributed by atoms with Crippen molar-refractivity contribution in [1.82, 2.24) is 20.2 Å². The highest BCUT2D eigenvalue weighted by molar-refractivity contribution is 6.32. The summed E-state index contributed by atoms with van der Waals surface area (Å²) in [6.07, 6.45) is 2.03. The monoisotopic (exact) mass is 1070 g/mol. The van der Waals surface area contributed by atoms with Gasteiger partial charge in [0.05, 0.1) is 39.6 Å². The van der Waals surface area contributed by atoms with Crippen LogP contribution in [0.1, 0.15) is 93.0 Å². The summed E-state index contributed by atoms with van der Waals surface area (Å²) >= 11 is 12.4. The quantitative estimate of drug-likeness (QED) is 0.0429. The van der Waals surface area contributed by atoms with Crippen molar-refractivity contribution in [3.8, 4) is 11.5 Å². The van der Waals surface area contributed by atoms with Crippen molar-refractivity contribution in [2.75, 3.05) is 50.0 Å². The molecule has 4 heterocycles. The first kappa shape index (κ1) is 61.6. The number of ether oxygens (including phenoxy) is 2. The van der Waals surface area contributed by atoms with Crippen LogP contribution in [0.3, 0.4) is 0 Å². The van der Waals surface area contributed by atoms with Gasteiger partial charge in [0.25, 0.3) is 5.69 Å². The van der Waals surface area contributed by atoms with Crippen molar-refractivity contribution in [3.63, 3.8) is 0 Å². The molecule has 7 N–H and O–H groups in total. The Balaban J connectivity index is 0.000000306. The number of aromatic nitrogens is 2. The fraction of sp³-hybridized carbons (Fsp3) is 0.346. The van der Waals surface area contributed by atoms with Crippen molar-refractivity contribution >= 4 is 63.5 Å². The largest absolute Gasteiger partial charge is 0.573 e. The number of amides is 3. The number of nitrogens with zero attached hydrogens (tertiary/aromatic N) is 4. The predicted octanol–water partition coefficient (Wildman–Crippen LogP) is 11.0. The van der Waals surface area contributed by atoms with Gasteiger partial charge in [0.1, 0.15) is 23.7 Å². The first-order chi connectivity index (χ1) is 34.3. The molecule has 3 amide bonds. The van der Waals surface area contributed by atoms with Gasteiger partial charge in [-0.05, 0) is 122 Å². The lowest BCUT2D eigenvalue weighted by Crippen LogP contribution is -2.38. The number of aryl methyl sites for hydroxylation is 3. The molecule has 0 fully saturated rings. The van der Waals surface area contributed by atoms with Crippen molar-refractivity contribution in [1.29, 1.82) is 0 Å². The van der Waals surface area contributed by atoms with Crippen LogP contribution in [0.25, 0.3) is 11.1 Å². The lowest BCUT2D eigenvalue weighted by atomic mass is 10.0. The van der Waals surface area contributed by atoms with E-state index in [1.807, 2.05) is 32.1 Å². The normalized spacial score (nSPS) is 13.8. The van der Waals surface area contributed by atoms with Crippen LogP contribution in [0.15, 0.2) is 97.3 Å². The van der Waals surface area contributed by atoms with Gasteiger partial charge < -0.3 is 45.4 Å². The van der Waals surface area contributed by atoms with Crippen LogP contribution in [0.2, 0.25) is 10.0 Å². The molecular weight excluding hydrogens is 1010 g/mol. The smallest absolute Gasteiger partial charge is 0.410 e. The number of hydrogen-bond donors (Lipinski definition) is 7. The van der Waals surface area contributed by atoms with Gasteiger partial charge in [-0.1, -0.05) is 70.1 Å². The Morgan fingerprint density at radius 2 is 1.38 bits per heavy atom. The molecule has 5 aromatic rings. The van der Waals surface area contributed by atoms with E-state index in [0.717, 1.165) is 53.9 Å². The van der Waals surface area contributed by atoms with Crippen LogP contribution in [0.5, 0.6) is 11.5 Å². The summed E-state index contributed by atoms with van der Waals surface area (Å²) in [4.78, 5) is 44.6. The zero-order chi connectivity index (χ0) is 52.5. The Morgan fingerprint density at radius 1 is 0.824 bits per heavy atom. The van der Waals surface area contributed by atoms with E-state index >= 15 is 0 Å². The number of halogens is 5. The third-order valence-electron chi connectivity index (χ3n) is 11.2. The molecule has 2 aliphatic rings. The van der Waals surface area contributed by atoms with E-state index in [2.05, 4.69) is 36.7 Å². The van der Waals surface area contributed by atoms with E-state index in [9.17, 15) is 43.1 Å². The van der Waals surface area contributed by atoms with Crippen LogP contribution in [-0.4, -0.2) is 98.1 Å². The highest BCUT2D eigenvalue weighted by atomic mass is 35.5. The molecule has 74 heavy (non-hydrogen) atoms. The molecule has 2 aliphatic heterocycles. The number of carbonyl (C=O) groups excluding carboxylic acids is 2. The molecule has 7 rings (SSSR count). The third kappa shape index (κ3) is 18.1. The highest BCUT2D eigenvalue weighted by Crippen LogP contribution is 2.32. The summed E-state index contributed by atoms with van der Waals surface area (Å²) in [6, 6.07) is 17.8. The van der Waals surface area contributed by atoms with Gasteiger partial charge in [-0.2, -0.15) is 0 Å². The summed E-state index contributed by atoms with van der Waals surface area (Å²) in [5.74, 6) is -0.0543. The van der Waals surface area contributed by atoms with E-state index in [-0.39, 0.29) is 45.2 Å². The van der Waals surface area contributed by atoms with Gasteiger partial charge in [-0.15, -0.1) is 13.2 Å². The molecule has 0 unspecified atom stereocenters. The van der Waals surface area contributed by atoms with Gasteiger partial charge in [0.2, 0.25) is 0 Å². The van der Waals surface area contributed by atoms with E-state index in [1.165, 1.54) is 48.7 Å². The van der Waals surface area contributed by atoms with Crippen LogP contribution in [0, 0.1) is 17.0 Å². The number of nitrogens with one attached hydrogen (secondary N) is 3. The summed E-state index contributed by atoms with van der Waals surface area (Å²) < 4.78 is 46.7. The lowest BCUT2D eigenvalue weighted by molar-refractivity contribution is -0.384. The Kier molecular flexibility index (Phi) is 24.4. The molecule has 0 saturated carbocycles. The number of rotatable bonds is 13. The second-order valence-electron chi connectivity index (χ2n) is 16.1. The molecule has 0 bridgehead atoms. The number of carbonyl (C=O) groups is 2. The maximum atomic E-state index is 12.6. The molecule has 17 nitrogen and oxygen atoms in total. The van der Waals surface area contributed by atoms with E-state index in [1.54, 1.807) is 36.2 Å². The number of alkyl halides is 3. The summed E-state index contributed by atoms with van der Waals surface area (Å²) in [6.45, 7) is 7.39. The second-order valence-corrected chi connectivity index (χ2v) is 16.9. The van der Waals surface area contributed by atoms with Gasteiger partial charge in [0.15, 0.2) is 0 Å². The SMILES string of the molecule is C.C.CCc1cc(NC(=O)N2CC=C(c3ncc([C@H](O)CO)cc3Cl)CC2)ccc1OC(F)(F)F.CCc1cc(NC(=O)Oc2ccc([N+](=O)[O-])cc2)ccc1C.OC[C@@H](O)c1cnc(C2=CCNCC2)c(Cl)c1. The first-order valence-electron chi connectivity index (χ1n) is 22.6. The van der Waals surface area contributed by atoms with E-state index < -0.39 is 42.2 Å². The van der Waals surface area contributed by atoms with Crippen molar-refractivity contribution in [2.45, 2.75) is 79.9 Å². The average molecular weight is 1070 g/mol. The number of aliphatic hydroxyl groups excluding tert-OH is 4. The van der Waals surface area contributed by atoms with Crippen molar-refractivity contribution in [2.24, 2.45) is 0 Å². The fourth-order valence-corrected chi connectivity index (χ4v) is 7.83. The maximum absolute atomic E-state index is 12.6. The number of aliphatic hydroxyl groups is 4. The Bertz CT molecular complexity index is 2750. The average Bonchev–Trinajstić information content (AvgIpc) is 3.37. The number of pyridine rings is 2. The number of nitro benzene ring substituents is 1. The topological polar surface area (TPSA) is 242 Å². The van der Waals surface area contributed by atoms with Gasteiger partial charge >= 0.3 is 18.5 Å². The molecule has 22 heteroatoms. The third-order valence-corrected chi connectivity index (χ3v) is 11.7. The van der Waals surface area contributed by atoms with E-state index in [0.29, 0.717) is 63.2 Å². The molecular formula is C52H62Cl2F3N7O10. The van der Waals surface area contributed by atoms with Crippen LogP contribution >= 0.6 is 23.2 Å². The zero-order valence-electron chi connectivity index (χ0n) is 39.4. The van der Waals surface area contributed by atoms with Gasteiger partial charge in [-0.3, -0.25) is 25.4 Å². The van der Waals surface area contributed by atoms with Crippen molar-refractivity contribution in [3.05, 3.63) is 157 Å². The Hall–Kier alpha value is -6.65. The number of anilines is 2. The fourth-order valence-electron chi connectivity index (χ4n) is 7.24. The minimum atomic E-state index is -4.79. The number of nitro groups is 1. The zero-order valence-corrected chi connectivity index (χ0v) is 40.9. The molecule has 3 aromatic carbocycles. The van der Waals surface area contributed by atoms with E-state index in [4.69, 9.17) is 38.2 Å². The molecule has 400 valence electrons. The Morgan fingerprint density at radius 3 is 1.86 bits per heavy atom. The van der Waals surface area contributed by atoms with Crippen LogP contribution in [-0.2, 0) is 12.8 Å². The highest BCUT2D eigenvalue weighted by Gasteiger charge is 2.32. The number of non-ortho nitro benzene ring substituents is 1. The van der Waals surface area contributed by atoms with Crippen LogP contribution in [0.4, 0.5) is 39.8 Å². The molecule has 2 atom stereocenters. The number of benzene rings is 3. The van der Waals surface area contributed by atoms with Gasteiger partial charge in [0, 0.05) is 66.7 Å². The number of urea groups is 1. The van der Waals surface area contributed by atoms with Crippen LogP contribution < -0.4 is 25.4 Å². The van der Waals surface area contributed by atoms with Crippen molar-refractivity contribution < 1.29 is 57.6 Å². The molecule has 0 saturated heterocycles. The summed E-state index contributed by atoms with van der Waals surface area (Å²) in [5, 5.41) is 57.0.